The van der Waals surface area contributed by atoms with E-state index in [1.54, 1.807) is 0 Å². The number of rotatable bonds is 6. The van der Waals surface area contributed by atoms with Crippen LogP contribution in [0.3, 0.4) is 0 Å². The third-order valence-electron chi connectivity index (χ3n) is 2.44. The summed E-state index contributed by atoms with van der Waals surface area (Å²) in [4.78, 5) is 30.1. The fourth-order valence-electron chi connectivity index (χ4n) is 1.57. The van der Waals surface area contributed by atoms with E-state index in [2.05, 4.69) is 15.3 Å². The Morgan fingerprint density at radius 2 is 1.94 bits per heavy atom. The molecule has 2 N–H and O–H groups in total. The Morgan fingerprint density at radius 1 is 1.33 bits per heavy atom. The van der Waals surface area contributed by atoms with E-state index < -0.39 is 11.9 Å². The molecule has 6 nitrogen and oxygen atoms in total. The molecular weight excluding hydrogens is 234 g/mol. The Balaban J connectivity index is 2.52. The van der Waals surface area contributed by atoms with Crippen LogP contribution in [0, 0.1) is 11.8 Å². The van der Waals surface area contributed by atoms with E-state index in [0.29, 0.717) is 12.0 Å². The molecule has 1 rings (SSSR count). The van der Waals surface area contributed by atoms with Gasteiger partial charge in [-0.1, -0.05) is 13.8 Å². The highest BCUT2D eigenvalue weighted by atomic mass is 16.4. The largest absolute Gasteiger partial charge is 0.481 e. The van der Waals surface area contributed by atoms with Crippen molar-refractivity contribution in [2.45, 2.75) is 20.3 Å². The zero-order valence-electron chi connectivity index (χ0n) is 10.5. The number of carbonyl (C=O) groups excluding carboxylic acids is 1. The number of hydrogen-bond acceptors (Lipinski definition) is 4. The molecule has 1 heterocycles. The minimum atomic E-state index is -0.895. The molecule has 18 heavy (non-hydrogen) atoms. The molecule has 0 aliphatic heterocycles. The van der Waals surface area contributed by atoms with E-state index in [1.807, 2.05) is 13.8 Å². The number of aromatic nitrogens is 2. The van der Waals surface area contributed by atoms with Crippen LogP contribution < -0.4 is 5.32 Å². The van der Waals surface area contributed by atoms with Crippen molar-refractivity contribution in [3.8, 4) is 0 Å². The summed E-state index contributed by atoms with van der Waals surface area (Å²) in [5.41, 5.74) is 0.325. The minimum Gasteiger partial charge on any atom is -0.481 e. The highest BCUT2D eigenvalue weighted by Crippen LogP contribution is 2.11. The predicted octanol–water partition coefficient (Wildman–Crippen LogP) is 0.953. The molecule has 0 saturated heterocycles. The van der Waals surface area contributed by atoms with Gasteiger partial charge in [0.1, 0.15) is 6.33 Å². The monoisotopic (exact) mass is 251 g/mol. The molecule has 0 aromatic carbocycles. The van der Waals surface area contributed by atoms with Crippen LogP contribution in [0.1, 0.15) is 30.6 Å². The first-order valence-electron chi connectivity index (χ1n) is 5.76. The number of carboxylic acids is 1. The number of nitrogens with one attached hydrogen (secondary N) is 1. The summed E-state index contributed by atoms with van der Waals surface area (Å²) in [7, 11) is 0. The molecule has 1 aromatic heterocycles. The maximum absolute atomic E-state index is 11.7. The molecule has 1 amide bonds. The molecule has 0 spiro atoms. The third-order valence-corrected chi connectivity index (χ3v) is 2.44. The Bertz CT molecular complexity index is 406. The fraction of sp³-hybridized carbons (Fsp3) is 0.500. The van der Waals surface area contributed by atoms with Crippen molar-refractivity contribution in [1.29, 1.82) is 0 Å². The molecular formula is C12H17N3O3. The van der Waals surface area contributed by atoms with Crippen LogP contribution in [0.2, 0.25) is 0 Å². The summed E-state index contributed by atoms with van der Waals surface area (Å²) in [6.45, 7) is 4.01. The predicted molar refractivity (Wildman–Crippen MR) is 64.9 cm³/mol. The lowest BCUT2D eigenvalue weighted by Crippen LogP contribution is -2.33. The molecule has 0 fully saturated rings. The van der Waals surface area contributed by atoms with Crippen molar-refractivity contribution in [2.75, 3.05) is 6.54 Å². The van der Waals surface area contributed by atoms with Crippen molar-refractivity contribution < 1.29 is 14.7 Å². The number of carbonyl (C=O) groups is 2. The Hall–Kier alpha value is -1.98. The maximum atomic E-state index is 11.7. The van der Waals surface area contributed by atoms with Gasteiger partial charge >= 0.3 is 5.97 Å². The molecule has 6 heteroatoms. The van der Waals surface area contributed by atoms with Crippen molar-refractivity contribution in [3.05, 3.63) is 24.3 Å². The molecule has 1 atom stereocenters. The highest BCUT2D eigenvalue weighted by molar-refractivity contribution is 5.93. The number of hydrogen-bond donors (Lipinski definition) is 2. The summed E-state index contributed by atoms with van der Waals surface area (Å²) in [5.74, 6) is -1.56. The summed E-state index contributed by atoms with van der Waals surface area (Å²) in [5, 5.41) is 11.6. The average Bonchev–Trinajstić information content (AvgIpc) is 2.34. The van der Waals surface area contributed by atoms with E-state index in [1.165, 1.54) is 18.7 Å². The molecule has 0 aliphatic rings. The standard InChI is InChI=1S/C12H17N3O3/c1-8(2)3-9(12(17)18)6-15-11(16)10-4-13-7-14-5-10/h4-5,7-9H,3,6H2,1-2H3,(H,15,16)(H,17,18). The van der Waals surface area contributed by atoms with Gasteiger partial charge in [0.2, 0.25) is 0 Å². The van der Waals surface area contributed by atoms with Gasteiger partial charge in [-0.15, -0.1) is 0 Å². The third kappa shape index (κ3) is 4.48. The SMILES string of the molecule is CC(C)CC(CNC(=O)c1cncnc1)C(=O)O. The molecule has 0 radical (unpaired) electrons. The Kier molecular flexibility index (Phi) is 5.23. The van der Waals surface area contributed by atoms with Gasteiger partial charge in [-0.25, -0.2) is 9.97 Å². The van der Waals surface area contributed by atoms with Gasteiger partial charge in [-0.3, -0.25) is 9.59 Å². The maximum Gasteiger partial charge on any atom is 0.308 e. The lowest BCUT2D eigenvalue weighted by Gasteiger charge is -2.15. The number of carboxylic acid groups (broad SMARTS) is 1. The van der Waals surface area contributed by atoms with Gasteiger partial charge in [0.25, 0.3) is 5.91 Å². The molecule has 0 aliphatic carbocycles. The van der Waals surface area contributed by atoms with Gasteiger partial charge in [-0.2, -0.15) is 0 Å². The lowest BCUT2D eigenvalue weighted by atomic mass is 9.97. The van der Waals surface area contributed by atoms with Gasteiger partial charge in [0.15, 0.2) is 0 Å². The first-order valence-corrected chi connectivity index (χ1v) is 5.76. The second kappa shape index (κ2) is 6.68. The van der Waals surface area contributed by atoms with Crippen LogP contribution in [-0.4, -0.2) is 33.5 Å². The van der Waals surface area contributed by atoms with E-state index in [4.69, 9.17) is 5.11 Å². The zero-order chi connectivity index (χ0) is 13.5. The average molecular weight is 251 g/mol. The normalized spacial score (nSPS) is 12.2. The van der Waals surface area contributed by atoms with Gasteiger partial charge in [-0.05, 0) is 12.3 Å². The molecule has 98 valence electrons. The van der Waals surface area contributed by atoms with Crippen LogP contribution in [0.15, 0.2) is 18.7 Å². The van der Waals surface area contributed by atoms with Crippen LogP contribution in [-0.2, 0) is 4.79 Å². The summed E-state index contributed by atoms with van der Waals surface area (Å²) < 4.78 is 0. The fourth-order valence-corrected chi connectivity index (χ4v) is 1.57. The van der Waals surface area contributed by atoms with Crippen LogP contribution in [0.5, 0.6) is 0 Å². The molecule has 0 bridgehead atoms. The number of aliphatic carboxylic acids is 1. The van der Waals surface area contributed by atoms with Gasteiger partial charge in [0.05, 0.1) is 11.5 Å². The van der Waals surface area contributed by atoms with Crippen LogP contribution in [0.25, 0.3) is 0 Å². The summed E-state index contributed by atoms with van der Waals surface area (Å²) in [6, 6.07) is 0. The topological polar surface area (TPSA) is 92.2 Å². The van der Waals surface area contributed by atoms with Crippen LogP contribution >= 0.6 is 0 Å². The van der Waals surface area contributed by atoms with Gasteiger partial charge < -0.3 is 10.4 Å². The van der Waals surface area contributed by atoms with Crippen molar-refractivity contribution in [1.82, 2.24) is 15.3 Å². The summed E-state index contributed by atoms with van der Waals surface area (Å²) >= 11 is 0. The van der Waals surface area contributed by atoms with Crippen LogP contribution in [0.4, 0.5) is 0 Å². The Labute approximate surface area is 105 Å². The van der Waals surface area contributed by atoms with Crippen molar-refractivity contribution in [3.63, 3.8) is 0 Å². The van der Waals surface area contributed by atoms with Crippen molar-refractivity contribution in [2.24, 2.45) is 11.8 Å². The highest BCUT2D eigenvalue weighted by Gasteiger charge is 2.20. The first-order chi connectivity index (χ1) is 8.50. The summed E-state index contributed by atoms with van der Waals surface area (Å²) in [6.07, 6.45) is 4.64. The zero-order valence-corrected chi connectivity index (χ0v) is 10.5. The second-order valence-electron chi connectivity index (χ2n) is 4.50. The second-order valence-corrected chi connectivity index (χ2v) is 4.50. The molecule has 1 unspecified atom stereocenters. The van der Waals surface area contributed by atoms with E-state index >= 15 is 0 Å². The first kappa shape index (κ1) is 14.1. The van der Waals surface area contributed by atoms with E-state index in [9.17, 15) is 9.59 Å². The quantitative estimate of drug-likeness (QED) is 0.785. The molecule has 0 saturated carbocycles. The van der Waals surface area contributed by atoms with E-state index in [0.717, 1.165) is 0 Å². The lowest BCUT2D eigenvalue weighted by molar-refractivity contribution is -0.142. The smallest absolute Gasteiger partial charge is 0.308 e. The van der Waals surface area contributed by atoms with Crippen molar-refractivity contribution >= 4 is 11.9 Å². The van der Waals surface area contributed by atoms with Gasteiger partial charge in [0, 0.05) is 18.9 Å². The Morgan fingerprint density at radius 3 is 2.44 bits per heavy atom. The number of nitrogens with zero attached hydrogens (tertiary/aromatic N) is 2. The van der Waals surface area contributed by atoms with E-state index in [-0.39, 0.29) is 18.4 Å². The minimum absolute atomic E-state index is 0.112. The molecule has 1 aromatic rings. The number of amides is 1.